The molecule has 0 aliphatic carbocycles. The molecule has 0 heterocycles. The normalized spacial score (nSPS) is 11.3. The highest BCUT2D eigenvalue weighted by Gasteiger charge is 2.14. The summed E-state index contributed by atoms with van der Waals surface area (Å²) < 4.78 is 7.04. The van der Waals surface area contributed by atoms with E-state index in [4.69, 9.17) is 9.84 Å². The van der Waals surface area contributed by atoms with Crippen molar-refractivity contribution in [2.75, 3.05) is 0 Å². The Kier molecular flexibility index (Phi) is 5.53. The van der Waals surface area contributed by atoms with Gasteiger partial charge < -0.3 is 9.84 Å². The van der Waals surface area contributed by atoms with Gasteiger partial charge in [-0.3, -0.25) is 0 Å². The van der Waals surface area contributed by atoms with Gasteiger partial charge in [-0.15, -0.1) is 0 Å². The maximum absolute atomic E-state index is 11.0. The predicted molar refractivity (Wildman–Crippen MR) is 98.3 cm³/mol. The fraction of sp³-hybridized carbons (Fsp3) is 0.278. The number of rotatable bonds is 4. The average Bonchev–Trinajstić information content (AvgIpc) is 2.45. The molecular weight excluding hydrogens is 424 g/mol. The van der Waals surface area contributed by atoms with Crippen LogP contribution in [-0.2, 0) is 12.0 Å². The zero-order valence-corrected chi connectivity index (χ0v) is 16.4. The van der Waals surface area contributed by atoms with Gasteiger partial charge in [-0.1, -0.05) is 45.0 Å². The molecule has 2 aromatic rings. The van der Waals surface area contributed by atoms with Crippen LogP contribution in [-0.4, -0.2) is 11.1 Å². The second kappa shape index (κ2) is 7.05. The number of aromatic carboxylic acids is 1. The van der Waals surface area contributed by atoms with Gasteiger partial charge in [0.05, 0.1) is 14.5 Å². The molecule has 0 atom stereocenters. The standard InChI is InChI=1S/C18H18Br2O3/c1-18(2,3)13-6-4-11(5-7-13)10-23-16-14(19)8-12(17(21)22)9-15(16)20/h4-9H,10H2,1-3H3,(H,21,22). The molecule has 2 aromatic carbocycles. The molecule has 122 valence electrons. The third-order valence-electron chi connectivity index (χ3n) is 3.45. The first-order chi connectivity index (χ1) is 10.7. The van der Waals surface area contributed by atoms with E-state index in [-0.39, 0.29) is 11.0 Å². The van der Waals surface area contributed by atoms with Crippen LogP contribution in [0.4, 0.5) is 0 Å². The zero-order valence-electron chi connectivity index (χ0n) is 13.2. The lowest BCUT2D eigenvalue weighted by Gasteiger charge is -2.19. The van der Waals surface area contributed by atoms with Crippen LogP contribution in [0.5, 0.6) is 5.75 Å². The van der Waals surface area contributed by atoms with Gasteiger partial charge in [0.1, 0.15) is 12.4 Å². The van der Waals surface area contributed by atoms with Crippen molar-refractivity contribution in [1.82, 2.24) is 0 Å². The van der Waals surface area contributed by atoms with E-state index >= 15 is 0 Å². The molecule has 3 nitrogen and oxygen atoms in total. The summed E-state index contributed by atoms with van der Waals surface area (Å²) in [5, 5.41) is 9.04. The summed E-state index contributed by atoms with van der Waals surface area (Å²) in [6, 6.07) is 11.4. The minimum atomic E-state index is -0.976. The van der Waals surface area contributed by atoms with Crippen LogP contribution in [0.2, 0.25) is 0 Å². The molecule has 1 N–H and O–H groups in total. The van der Waals surface area contributed by atoms with Gasteiger partial charge in [0.2, 0.25) is 0 Å². The topological polar surface area (TPSA) is 46.5 Å². The van der Waals surface area contributed by atoms with E-state index in [2.05, 4.69) is 64.8 Å². The van der Waals surface area contributed by atoms with Gasteiger partial charge in [-0.2, -0.15) is 0 Å². The third-order valence-corrected chi connectivity index (χ3v) is 4.63. The molecule has 23 heavy (non-hydrogen) atoms. The summed E-state index contributed by atoms with van der Waals surface area (Å²) in [5.41, 5.74) is 2.65. The molecule has 0 spiro atoms. The summed E-state index contributed by atoms with van der Waals surface area (Å²) in [6.45, 7) is 6.94. The molecule has 0 aliphatic rings. The Morgan fingerprint density at radius 2 is 1.61 bits per heavy atom. The van der Waals surface area contributed by atoms with Crippen LogP contribution in [0, 0.1) is 0 Å². The van der Waals surface area contributed by atoms with Gasteiger partial charge in [0.25, 0.3) is 0 Å². The lowest BCUT2D eigenvalue weighted by atomic mass is 9.87. The number of halogens is 2. The van der Waals surface area contributed by atoms with Gasteiger partial charge in [0.15, 0.2) is 0 Å². The quantitative estimate of drug-likeness (QED) is 0.653. The van der Waals surface area contributed by atoms with Crippen molar-refractivity contribution in [1.29, 1.82) is 0 Å². The maximum atomic E-state index is 11.0. The van der Waals surface area contributed by atoms with Gasteiger partial charge in [0, 0.05) is 0 Å². The van der Waals surface area contributed by atoms with Crippen molar-refractivity contribution in [3.63, 3.8) is 0 Å². The number of benzene rings is 2. The van der Waals surface area contributed by atoms with E-state index < -0.39 is 5.97 Å². The van der Waals surface area contributed by atoms with E-state index in [9.17, 15) is 4.79 Å². The first kappa shape index (κ1) is 18.0. The summed E-state index contributed by atoms with van der Waals surface area (Å²) >= 11 is 6.72. The van der Waals surface area contributed by atoms with Crippen molar-refractivity contribution in [3.8, 4) is 5.75 Å². The molecule has 0 radical (unpaired) electrons. The fourth-order valence-electron chi connectivity index (χ4n) is 2.08. The third kappa shape index (κ3) is 4.58. The van der Waals surface area contributed by atoms with E-state index in [1.54, 1.807) is 0 Å². The minimum Gasteiger partial charge on any atom is -0.487 e. The Labute approximate surface area is 152 Å². The van der Waals surface area contributed by atoms with Crippen LogP contribution in [0.25, 0.3) is 0 Å². The smallest absolute Gasteiger partial charge is 0.335 e. The number of carboxylic acid groups (broad SMARTS) is 1. The maximum Gasteiger partial charge on any atom is 0.335 e. The molecule has 0 aliphatic heterocycles. The lowest BCUT2D eigenvalue weighted by molar-refractivity contribution is 0.0696. The Bertz CT molecular complexity index is 693. The highest BCUT2D eigenvalue weighted by atomic mass is 79.9. The van der Waals surface area contributed by atoms with Gasteiger partial charge in [-0.05, 0) is 60.5 Å². The van der Waals surface area contributed by atoms with Crippen molar-refractivity contribution < 1.29 is 14.6 Å². The fourth-order valence-corrected chi connectivity index (χ4v) is 3.49. The lowest BCUT2D eigenvalue weighted by Crippen LogP contribution is -2.10. The van der Waals surface area contributed by atoms with Crippen LogP contribution in [0.1, 0.15) is 42.3 Å². The molecule has 0 bridgehead atoms. The SMILES string of the molecule is CC(C)(C)c1ccc(COc2c(Br)cc(C(=O)O)cc2Br)cc1. The van der Waals surface area contributed by atoms with Crippen LogP contribution >= 0.6 is 31.9 Å². The van der Waals surface area contributed by atoms with Crippen molar-refractivity contribution in [2.45, 2.75) is 32.8 Å². The van der Waals surface area contributed by atoms with E-state index in [0.717, 1.165) is 5.56 Å². The number of carbonyl (C=O) groups is 1. The van der Waals surface area contributed by atoms with Crippen LogP contribution < -0.4 is 4.74 Å². The van der Waals surface area contributed by atoms with Gasteiger partial charge >= 0.3 is 5.97 Å². The number of hydrogen-bond acceptors (Lipinski definition) is 2. The van der Waals surface area contributed by atoms with Crippen LogP contribution in [0.15, 0.2) is 45.3 Å². The van der Waals surface area contributed by atoms with Crippen LogP contribution in [0.3, 0.4) is 0 Å². The van der Waals surface area contributed by atoms with Gasteiger partial charge in [-0.25, -0.2) is 4.79 Å². The largest absolute Gasteiger partial charge is 0.487 e. The van der Waals surface area contributed by atoms with E-state index in [0.29, 0.717) is 21.3 Å². The summed E-state index contributed by atoms with van der Waals surface area (Å²) in [6.07, 6.45) is 0. The Morgan fingerprint density at radius 1 is 1.09 bits per heavy atom. The molecular formula is C18H18Br2O3. The second-order valence-corrected chi connectivity index (χ2v) is 8.02. The van der Waals surface area contributed by atoms with Crippen molar-refractivity contribution >= 4 is 37.8 Å². The first-order valence-electron chi connectivity index (χ1n) is 7.13. The second-order valence-electron chi connectivity index (χ2n) is 6.31. The highest BCUT2D eigenvalue weighted by Crippen LogP contribution is 2.35. The number of hydrogen-bond donors (Lipinski definition) is 1. The number of carboxylic acids is 1. The molecule has 0 fully saturated rings. The Morgan fingerprint density at radius 3 is 2.04 bits per heavy atom. The first-order valence-corrected chi connectivity index (χ1v) is 8.71. The Balaban J connectivity index is 2.14. The van der Waals surface area contributed by atoms with E-state index in [1.165, 1.54) is 17.7 Å². The Hall–Kier alpha value is -1.33. The predicted octanol–water partition coefficient (Wildman–Crippen LogP) is 5.79. The average molecular weight is 442 g/mol. The molecule has 2 rings (SSSR count). The summed E-state index contributed by atoms with van der Waals surface area (Å²) in [5.74, 6) is -0.384. The van der Waals surface area contributed by atoms with Crippen molar-refractivity contribution in [2.24, 2.45) is 0 Å². The molecule has 0 unspecified atom stereocenters. The molecule has 0 saturated heterocycles. The number of ether oxygens (including phenoxy) is 1. The molecule has 0 amide bonds. The summed E-state index contributed by atoms with van der Waals surface area (Å²) in [7, 11) is 0. The molecule has 0 aromatic heterocycles. The monoisotopic (exact) mass is 440 g/mol. The van der Waals surface area contributed by atoms with E-state index in [1.807, 2.05) is 12.1 Å². The highest BCUT2D eigenvalue weighted by molar-refractivity contribution is 9.11. The minimum absolute atomic E-state index is 0.123. The summed E-state index contributed by atoms with van der Waals surface area (Å²) in [4.78, 5) is 11.0. The van der Waals surface area contributed by atoms with Crippen molar-refractivity contribution in [3.05, 3.63) is 62.0 Å². The zero-order chi connectivity index (χ0) is 17.2. The molecule has 0 saturated carbocycles. The molecule has 5 heteroatoms.